The van der Waals surface area contributed by atoms with Crippen LogP contribution in [0.5, 0.6) is 5.75 Å². The summed E-state index contributed by atoms with van der Waals surface area (Å²) in [5.41, 5.74) is 0.0322. The molecular weight excluding hydrogens is 222 g/mol. The summed E-state index contributed by atoms with van der Waals surface area (Å²) in [6, 6.07) is 2.01. The first-order valence-corrected chi connectivity index (χ1v) is 6.56. The van der Waals surface area contributed by atoms with Crippen LogP contribution in [-0.2, 0) is 11.3 Å². The third kappa shape index (κ3) is 2.75. The molecule has 0 amide bonds. The Kier molecular flexibility index (Phi) is 3.84. The molecule has 0 saturated carbocycles. The Balaban J connectivity index is 1.79. The molecule has 0 bridgehead atoms. The molecule has 16 heavy (non-hydrogen) atoms. The number of rotatable bonds is 5. The molecule has 1 aliphatic heterocycles. The van der Waals surface area contributed by atoms with E-state index >= 15 is 0 Å². The Labute approximate surface area is 101 Å². The van der Waals surface area contributed by atoms with Gasteiger partial charge < -0.3 is 14.8 Å². The van der Waals surface area contributed by atoms with Crippen molar-refractivity contribution in [2.45, 2.75) is 31.9 Å². The molecule has 90 valence electrons. The van der Waals surface area contributed by atoms with Crippen molar-refractivity contribution >= 4 is 11.3 Å². The summed E-state index contributed by atoms with van der Waals surface area (Å²) >= 11 is 1.73. The Morgan fingerprint density at radius 3 is 3.19 bits per heavy atom. The van der Waals surface area contributed by atoms with E-state index in [2.05, 4.69) is 17.6 Å². The third-order valence-electron chi connectivity index (χ3n) is 3.01. The molecule has 1 aromatic heterocycles. The fraction of sp³-hybridized carbons (Fsp3) is 0.667. The van der Waals surface area contributed by atoms with Crippen LogP contribution in [0, 0.1) is 0 Å². The van der Waals surface area contributed by atoms with Gasteiger partial charge in [-0.1, -0.05) is 0 Å². The van der Waals surface area contributed by atoms with E-state index in [-0.39, 0.29) is 5.60 Å². The zero-order valence-electron chi connectivity index (χ0n) is 9.91. The van der Waals surface area contributed by atoms with Gasteiger partial charge in [0, 0.05) is 19.7 Å². The highest BCUT2D eigenvalue weighted by Gasteiger charge is 2.29. The molecule has 0 radical (unpaired) electrons. The van der Waals surface area contributed by atoms with Gasteiger partial charge in [-0.3, -0.25) is 0 Å². The van der Waals surface area contributed by atoms with E-state index in [0.717, 1.165) is 31.9 Å². The fourth-order valence-corrected chi connectivity index (χ4v) is 2.87. The Morgan fingerprint density at radius 2 is 2.50 bits per heavy atom. The average Bonchev–Trinajstić information content (AvgIpc) is 2.88. The minimum Gasteiger partial charge on any atom is -0.496 e. The van der Waals surface area contributed by atoms with Gasteiger partial charge in [-0.2, -0.15) is 0 Å². The van der Waals surface area contributed by atoms with Gasteiger partial charge >= 0.3 is 0 Å². The number of ether oxygens (including phenoxy) is 2. The van der Waals surface area contributed by atoms with Crippen molar-refractivity contribution < 1.29 is 9.47 Å². The molecule has 1 aromatic rings. The van der Waals surface area contributed by atoms with Crippen LogP contribution in [0.1, 0.15) is 24.6 Å². The molecule has 1 saturated heterocycles. The zero-order chi connectivity index (χ0) is 11.4. The van der Waals surface area contributed by atoms with E-state index in [9.17, 15) is 0 Å². The molecule has 0 aromatic carbocycles. The second-order valence-electron chi connectivity index (χ2n) is 4.42. The van der Waals surface area contributed by atoms with Crippen LogP contribution in [0.15, 0.2) is 11.4 Å². The van der Waals surface area contributed by atoms with Crippen molar-refractivity contribution in [3.8, 4) is 5.75 Å². The van der Waals surface area contributed by atoms with Crippen LogP contribution in [-0.4, -0.2) is 25.9 Å². The first-order chi connectivity index (χ1) is 7.73. The predicted molar refractivity (Wildman–Crippen MR) is 66.2 cm³/mol. The number of hydrogen-bond donors (Lipinski definition) is 1. The molecule has 2 rings (SSSR count). The quantitative estimate of drug-likeness (QED) is 0.858. The standard InChI is InChI=1S/C12H19NO2S/c1-12(5-3-6-15-12)9-13-8-11-10(14-2)4-7-16-11/h4,7,13H,3,5-6,8-9H2,1-2H3. The molecule has 0 spiro atoms. The Morgan fingerprint density at radius 1 is 1.62 bits per heavy atom. The van der Waals surface area contributed by atoms with E-state index in [0.29, 0.717) is 0 Å². The fourth-order valence-electron chi connectivity index (χ4n) is 2.06. The predicted octanol–water partition coefficient (Wildman–Crippen LogP) is 2.42. The molecule has 1 fully saturated rings. The lowest BCUT2D eigenvalue weighted by Crippen LogP contribution is -2.36. The van der Waals surface area contributed by atoms with Crippen molar-refractivity contribution in [3.63, 3.8) is 0 Å². The Hall–Kier alpha value is -0.580. The first-order valence-electron chi connectivity index (χ1n) is 5.68. The van der Waals surface area contributed by atoms with Gasteiger partial charge in [0.25, 0.3) is 0 Å². The zero-order valence-corrected chi connectivity index (χ0v) is 10.7. The van der Waals surface area contributed by atoms with Crippen molar-refractivity contribution in [1.82, 2.24) is 5.32 Å². The molecule has 1 unspecified atom stereocenters. The molecule has 1 aliphatic rings. The van der Waals surface area contributed by atoms with Gasteiger partial charge in [0.2, 0.25) is 0 Å². The van der Waals surface area contributed by atoms with Gasteiger partial charge in [0.15, 0.2) is 0 Å². The van der Waals surface area contributed by atoms with Crippen LogP contribution in [0.2, 0.25) is 0 Å². The molecule has 2 heterocycles. The third-order valence-corrected chi connectivity index (χ3v) is 3.91. The van der Waals surface area contributed by atoms with Crippen molar-refractivity contribution in [2.75, 3.05) is 20.3 Å². The topological polar surface area (TPSA) is 30.5 Å². The lowest BCUT2D eigenvalue weighted by molar-refractivity contribution is 0.0207. The monoisotopic (exact) mass is 241 g/mol. The summed E-state index contributed by atoms with van der Waals surface area (Å²) < 4.78 is 11.0. The summed E-state index contributed by atoms with van der Waals surface area (Å²) in [5.74, 6) is 0.981. The normalized spacial score (nSPS) is 24.9. The van der Waals surface area contributed by atoms with Crippen molar-refractivity contribution in [2.24, 2.45) is 0 Å². The van der Waals surface area contributed by atoms with Crippen LogP contribution >= 0.6 is 11.3 Å². The lowest BCUT2D eigenvalue weighted by atomic mass is 10.0. The largest absolute Gasteiger partial charge is 0.496 e. The number of thiophene rings is 1. The molecule has 1 atom stereocenters. The van der Waals surface area contributed by atoms with Crippen LogP contribution in [0.25, 0.3) is 0 Å². The van der Waals surface area contributed by atoms with Crippen LogP contribution in [0.3, 0.4) is 0 Å². The highest BCUT2D eigenvalue weighted by atomic mass is 32.1. The van der Waals surface area contributed by atoms with Gasteiger partial charge in [0.1, 0.15) is 5.75 Å². The van der Waals surface area contributed by atoms with Gasteiger partial charge in [-0.15, -0.1) is 11.3 Å². The van der Waals surface area contributed by atoms with Gasteiger partial charge in [-0.25, -0.2) is 0 Å². The van der Waals surface area contributed by atoms with Crippen molar-refractivity contribution in [3.05, 3.63) is 16.3 Å². The van der Waals surface area contributed by atoms with Crippen molar-refractivity contribution in [1.29, 1.82) is 0 Å². The number of nitrogens with one attached hydrogen (secondary N) is 1. The van der Waals surface area contributed by atoms with Crippen LogP contribution in [0.4, 0.5) is 0 Å². The molecule has 4 heteroatoms. The summed E-state index contributed by atoms with van der Waals surface area (Å²) in [7, 11) is 1.72. The van der Waals surface area contributed by atoms with Gasteiger partial charge in [-0.05, 0) is 31.2 Å². The molecule has 1 N–H and O–H groups in total. The minimum atomic E-state index is 0.0322. The summed E-state index contributed by atoms with van der Waals surface area (Å²) in [4.78, 5) is 1.25. The highest BCUT2D eigenvalue weighted by Crippen LogP contribution is 2.26. The maximum absolute atomic E-state index is 5.73. The number of methoxy groups -OCH3 is 1. The summed E-state index contributed by atoms with van der Waals surface area (Å²) in [6.45, 7) is 4.85. The van der Waals surface area contributed by atoms with E-state index in [4.69, 9.17) is 9.47 Å². The highest BCUT2D eigenvalue weighted by molar-refractivity contribution is 7.10. The van der Waals surface area contributed by atoms with E-state index < -0.39 is 0 Å². The summed E-state index contributed by atoms with van der Waals surface area (Å²) in [6.07, 6.45) is 2.34. The SMILES string of the molecule is COc1ccsc1CNCC1(C)CCCO1. The average molecular weight is 241 g/mol. The van der Waals surface area contributed by atoms with E-state index in [1.807, 2.05) is 6.07 Å². The van der Waals surface area contributed by atoms with E-state index in [1.165, 1.54) is 11.3 Å². The maximum Gasteiger partial charge on any atom is 0.134 e. The Bertz CT molecular complexity index is 332. The van der Waals surface area contributed by atoms with Gasteiger partial charge in [0.05, 0.1) is 17.6 Å². The first kappa shape index (κ1) is 11.9. The summed E-state index contributed by atoms with van der Waals surface area (Å²) in [5, 5.41) is 5.51. The molecular formula is C12H19NO2S. The molecule has 3 nitrogen and oxygen atoms in total. The molecule has 0 aliphatic carbocycles. The van der Waals surface area contributed by atoms with Crippen LogP contribution < -0.4 is 10.1 Å². The smallest absolute Gasteiger partial charge is 0.134 e. The lowest BCUT2D eigenvalue weighted by Gasteiger charge is -2.23. The maximum atomic E-state index is 5.73. The van der Waals surface area contributed by atoms with E-state index in [1.54, 1.807) is 18.4 Å². The second kappa shape index (κ2) is 5.17. The number of hydrogen-bond acceptors (Lipinski definition) is 4. The second-order valence-corrected chi connectivity index (χ2v) is 5.42. The minimum absolute atomic E-state index is 0.0322.